The van der Waals surface area contributed by atoms with Crippen LogP contribution in [0.3, 0.4) is 0 Å². The molecule has 0 radical (unpaired) electrons. The Hall–Kier alpha value is -3.56. The summed E-state index contributed by atoms with van der Waals surface area (Å²) in [5, 5.41) is 6.46. The molecule has 40 heavy (non-hydrogen) atoms. The Morgan fingerprint density at radius 2 is 1.85 bits per heavy atom. The number of halogens is 1. The van der Waals surface area contributed by atoms with Crippen molar-refractivity contribution < 1.29 is 9.59 Å². The SMILES string of the molecule is Cc1ccncc1CN(C(=O)Nc1cccnc1)C1CCN([C@H](C)CCNC(=O)c2c(C)cc(Cl)nc2C)CC1. The summed E-state index contributed by atoms with van der Waals surface area (Å²) in [4.78, 5) is 43.2. The number of rotatable bonds is 9. The minimum atomic E-state index is -0.132. The first kappa shape index (κ1) is 29.4. The first-order chi connectivity index (χ1) is 19.2. The van der Waals surface area contributed by atoms with E-state index in [1.807, 2.05) is 43.1 Å². The normalized spacial score (nSPS) is 14.9. The van der Waals surface area contributed by atoms with Crippen molar-refractivity contribution in [2.75, 3.05) is 25.0 Å². The smallest absolute Gasteiger partial charge is 0.322 e. The lowest BCUT2D eigenvalue weighted by Gasteiger charge is -2.41. The van der Waals surface area contributed by atoms with Crippen molar-refractivity contribution in [2.45, 2.75) is 65.6 Å². The maximum absolute atomic E-state index is 13.4. The van der Waals surface area contributed by atoms with Crippen LogP contribution in [0.25, 0.3) is 0 Å². The average molecular weight is 564 g/mol. The Labute approximate surface area is 241 Å². The van der Waals surface area contributed by atoms with Gasteiger partial charge in [0.15, 0.2) is 0 Å². The Morgan fingerprint density at radius 1 is 1.10 bits per heavy atom. The van der Waals surface area contributed by atoms with Crippen molar-refractivity contribution in [1.29, 1.82) is 0 Å². The number of hydrogen-bond donors (Lipinski definition) is 2. The Morgan fingerprint density at radius 3 is 2.52 bits per heavy atom. The zero-order valence-electron chi connectivity index (χ0n) is 23.7. The molecule has 1 atom stereocenters. The summed E-state index contributed by atoms with van der Waals surface area (Å²) in [5.41, 5.74) is 4.87. The van der Waals surface area contributed by atoms with Crippen molar-refractivity contribution in [3.8, 4) is 0 Å². The van der Waals surface area contributed by atoms with E-state index in [1.54, 1.807) is 31.6 Å². The second-order valence-corrected chi connectivity index (χ2v) is 10.9. The molecule has 0 saturated carbocycles. The highest BCUT2D eigenvalue weighted by Gasteiger charge is 2.30. The topological polar surface area (TPSA) is 103 Å². The molecule has 0 aliphatic carbocycles. The van der Waals surface area contributed by atoms with Gasteiger partial charge in [0.05, 0.1) is 23.1 Å². The number of amides is 3. The van der Waals surface area contributed by atoms with E-state index < -0.39 is 0 Å². The number of urea groups is 1. The van der Waals surface area contributed by atoms with E-state index in [0.717, 1.165) is 49.0 Å². The fourth-order valence-corrected chi connectivity index (χ4v) is 5.57. The lowest BCUT2D eigenvalue weighted by molar-refractivity contribution is 0.0918. The number of nitrogens with zero attached hydrogens (tertiary/aromatic N) is 5. The molecule has 212 valence electrons. The van der Waals surface area contributed by atoms with Gasteiger partial charge in [0.25, 0.3) is 5.91 Å². The molecule has 1 saturated heterocycles. The Balaban J connectivity index is 1.33. The number of aryl methyl sites for hydroxylation is 3. The number of likely N-dealkylation sites (tertiary alicyclic amines) is 1. The van der Waals surface area contributed by atoms with Crippen LogP contribution in [0.4, 0.5) is 10.5 Å². The van der Waals surface area contributed by atoms with Crippen LogP contribution in [-0.4, -0.2) is 68.4 Å². The van der Waals surface area contributed by atoms with Crippen molar-refractivity contribution in [3.63, 3.8) is 0 Å². The number of carbonyl (C=O) groups excluding carboxylic acids is 2. The lowest BCUT2D eigenvalue weighted by Crippen LogP contribution is -2.50. The highest BCUT2D eigenvalue weighted by Crippen LogP contribution is 2.23. The van der Waals surface area contributed by atoms with Crippen molar-refractivity contribution in [2.24, 2.45) is 0 Å². The molecule has 10 heteroatoms. The molecule has 1 fully saturated rings. The molecule has 3 amide bonds. The van der Waals surface area contributed by atoms with Crippen LogP contribution in [0.2, 0.25) is 5.15 Å². The van der Waals surface area contributed by atoms with E-state index in [0.29, 0.717) is 41.2 Å². The van der Waals surface area contributed by atoms with Crippen molar-refractivity contribution in [1.82, 2.24) is 30.1 Å². The minimum absolute atomic E-state index is 0.0998. The molecule has 0 bridgehead atoms. The Kier molecular flexibility index (Phi) is 10.1. The number of piperidine rings is 1. The van der Waals surface area contributed by atoms with E-state index in [2.05, 4.69) is 37.4 Å². The standard InChI is InChI=1S/C30H38ClN7O2/c1-20-7-12-33-17-24(20)19-38(30(40)36-25-6-5-11-32-18-25)26-9-14-37(15-10-26)22(3)8-13-34-29(39)28-21(2)16-27(31)35-23(28)4/h5-7,11-12,16-18,22,26H,8-10,13-15,19H2,1-4H3,(H,34,39)(H,36,40)/t22-/m1/s1. The summed E-state index contributed by atoms with van der Waals surface area (Å²) in [6.45, 7) is 10.7. The van der Waals surface area contributed by atoms with Gasteiger partial charge < -0.3 is 20.4 Å². The number of carbonyl (C=O) groups is 2. The molecular formula is C30H38ClN7O2. The predicted octanol–water partition coefficient (Wildman–Crippen LogP) is 5.16. The highest BCUT2D eigenvalue weighted by molar-refractivity contribution is 6.29. The third-order valence-corrected chi connectivity index (χ3v) is 7.86. The van der Waals surface area contributed by atoms with Gasteiger partial charge in [-0.15, -0.1) is 0 Å². The number of aromatic nitrogens is 3. The number of anilines is 1. The van der Waals surface area contributed by atoms with Gasteiger partial charge in [-0.05, 0) is 87.9 Å². The second kappa shape index (κ2) is 13.7. The maximum atomic E-state index is 13.4. The van der Waals surface area contributed by atoms with E-state index in [9.17, 15) is 9.59 Å². The van der Waals surface area contributed by atoms with Gasteiger partial charge in [-0.25, -0.2) is 9.78 Å². The number of nitrogens with one attached hydrogen (secondary N) is 2. The van der Waals surface area contributed by atoms with Crippen LogP contribution in [0.15, 0.2) is 49.1 Å². The summed E-state index contributed by atoms with van der Waals surface area (Å²) < 4.78 is 0. The number of pyridine rings is 3. The number of hydrogen-bond acceptors (Lipinski definition) is 6. The molecule has 4 rings (SSSR count). The van der Waals surface area contributed by atoms with E-state index in [4.69, 9.17) is 11.6 Å². The molecule has 1 aliphatic rings. The molecule has 0 unspecified atom stereocenters. The van der Waals surface area contributed by atoms with Crippen LogP contribution in [0.1, 0.15) is 58.9 Å². The predicted molar refractivity (Wildman–Crippen MR) is 158 cm³/mol. The monoisotopic (exact) mass is 563 g/mol. The van der Waals surface area contributed by atoms with Crippen molar-refractivity contribution in [3.05, 3.63) is 82.2 Å². The van der Waals surface area contributed by atoms with Gasteiger partial charge in [-0.2, -0.15) is 0 Å². The van der Waals surface area contributed by atoms with Gasteiger partial charge >= 0.3 is 6.03 Å². The van der Waals surface area contributed by atoms with Crippen LogP contribution in [0, 0.1) is 20.8 Å². The Bertz CT molecular complexity index is 1290. The van der Waals surface area contributed by atoms with E-state index in [-0.39, 0.29) is 18.0 Å². The molecule has 2 N–H and O–H groups in total. The average Bonchev–Trinajstić information content (AvgIpc) is 2.92. The van der Waals surface area contributed by atoms with Crippen LogP contribution >= 0.6 is 11.6 Å². The summed E-state index contributed by atoms with van der Waals surface area (Å²) >= 11 is 6.01. The zero-order valence-corrected chi connectivity index (χ0v) is 24.4. The van der Waals surface area contributed by atoms with Gasteiger partial charge in [0.1, 0.15) is 5.15 Å². The van der Waals surface area contributed by atoms with Gasteiger partial charge in [0, 0.05) is 56.9 Å². The minimum Gasteiger partial charge on any atom is -0.352 e. The summed E-state index contributed by atoms with van der Waals surface area (Å²) in [6, 6.07) is 7.60. The lowest BCUT2D eigenvalue weighted by atomic mass is 10.00. The molecule has 0 aromatic carbocycles. The third-order valence-electron chi connectivity index (χ3n) is 7.67. The largest absolute Gasteiger partial charge is 0.352 e. The van der Waals surface area contributed by atoms with Gasteiger partial charge in [-0.3, -0.25) is 14.8 Å². The molecule has 1 aliphatic heterocycles. The highest BCUT2D eigenvalue weighted by atomic mass is 35.5. The summed E-state index contributed by atoms with van der Waals surface area (Å²) in [5.74, 6) is -0.119. The van der Waals surface area contributed by atoms with Crippen LogP contribution < -0.4 is 10.6 Å². The van der Waals surface area contributed by atoms with Gasteiger partial charge in [0.2, 0.25) is 0 Å². The zero-order chi connectivity index (χ0) is 28.6. The second-order valence-electron chi connectivity index (χ2n) is 10.5. The maximum Gasteiger partial charge on any atom is 0.322 e. The first-order valence-corrected chi connectivity index (χ1v) is 14.1. The fraction of sp³-hybridized carbons (Fsp3) is 0.433. The quantitative estimate of drug-likeness (QED) is 0.349. The van der Waals surface area contributed by atoms with Crippen LogP contribution in [-0.2, 0) is 6.54 Å². The third kappa shape index (κ3) is 7.55. The van der Waals surface area contributed by atoms with Crippen molar-refractivity contribution >= 4 is 29.2 Å². The fourth-order valence-electron chi connectivity index (χ4n) is 5.28. The molecule has 4 heterocycles. The van der Waals surface area contributed by atoms with Gasteiger partial charge in [-0.1, -0.05) is 11.6 Å². The van der Waals surface area contributed by atoms with Crippen LogP contribution in [0.5, 0.6) is 0 Å². The molecule has 3 aromatic heterocycles. The molecular weight excluding hydrogens is 526 g/mol. The molecule has 9 nitrogen and oxygen atoms in total. The summed E-state index contributed by atoms with van der Waals surface area (Å²) in [6.07, 6.45) is 9.52. The van der Waals surface area contributed by atoms with E-state index >= 15 is 0 Å². The molecule has 3 aromatic rings. The molecule has 0 spiro atoms. The summed E-state index contributed by atoms with van der Waals surface area (Å²) in [7, 11) is 0. The first-order valence-electron chi connectivity index (χ1n) is 13.8. The van der Waals surface area contributed by atoms with E-state index in [1.165, 1.54) is 0 Å².